The first-order chi connectivity index (χ1) is 11.5. The van der Waals surface area contributed by atoms with E-state index in [9.17, 15) is 10.1 Å². The Morgan fingerprint density at radius 2 is 1.00 bits per heavy atom. The fraction of sp³-hybridized carbons (Fsp3) is 0.100. The van der Waals surface area contributed by atoms with Crippen LogP contribution in [-0.4, -0.2) is 4.92 Å². The van der Waals surface area contributed by atoms with E-state index in [1.165, 1.54) is 23.3 Å². The third kappa shape index (κ3) is 3.27. The van der Waals surface area contributed by atoms with Crippen LogP contribution in [0.4, 0.5) is 22.7 Å². The van der Waals surface area contributed by atoms with Gasteiger partial charge in [-0.15, -0.1) is 0 Å². The van der Waals surface area contributed by atoms with Gasteiger partial charge in [-0.05, 0) is 50.2 Å². The van der Waals surface area contributed by atoms with E-state index in [4.69, 9.17) is 0 Å². The third-order valence-corrected chi connectivity index (χ3v) is 3.90. The maximum atomic E-state index is 10.9. The molecule has 0 atom stereocenters. The molecular weight excluding hydrogens is 300 g/mol. The van der Waals surface area contributed by atoms with Gasteiger partial charge in [0.25, 0.3) is 5.69 Å². The van der Waals surface area contributed by atoms with Gasteiger partial charge >= 0.3 is 0 Å². The lowest BCUT2D eigenvalue weighted by molar-refractivity contribution is -0.384. The quantitative estimate of drug-likeness (QED) is 0.459. The van der Waals surface area contributed by atoms with Gasteiger partial charge in [0.15, 0.2) is 0 Å². The maximum Gasteiger partial charge on any atom is 0.269 e. The van der Waals surface area contributed by atoms with Crippen molar-refractivity contribution in [2.24, 2.45) is 0 Å². The van der Waals surface area contributed by atoms with Crippen molar-refractivity contribution in [3.63, 3.8) is 0 Å². The summed E-state index contributed by atoms with van der Waals surface area (Å²) in [6.07, 6.45) is 0. The highest BCUT2D eigenvalue weighted by atomic mass is 16.6. The van der Waals surface area contributed by atoms with Crippen LogP contribution < -0.4 is 4.90 Å². The minimum absolute atomic E-state index is 0.0894. The molecular formula is C20H18N2O2. The maximum absolute atomic E-state index is 10.9. The number of aryl methyl sites for hydroxylation is 2. The summed E-state index contributed by atoms with van der Waals surface area (Å²) >= 11 is 0. The molecule has 0 fully saturated rings. The van der Waals surface area contributed by atoms with Gasteiger partial charge in [-0.3, -0.25) is 10.1 Å². The number of hydrogen-bond donors (Lipinski definition) is 0. The summed E-state index contributed by atoms with van der Waals surface area (Å²) in [6.45, 7) is 4.09. The SMILES string of the molecule is Cc1ccc(N(c2ccc(C)cc2)c2ccc([N+](=O)[O-])cc2)cc1. The molecule has 0 saturated carbocycles. The molecule has 0 unspecified atom stereocenters. The van der Waals surface area contributed by atoms with Crippen LogP contribution in [0.5, 0.6) is 0 Å². The van der Waals surface area contributed by atoms with Crippen molar-refractivity contribution in [1.82, 2.24) is 0 Å². The van der Waals surface area contributed by atoms with E-state index >= 15 is 0 Å². The first-order valence-electron chi connectivity index (χ1n) is 7.72. The predicted molar refractivity (Wildman–Crippen MR) is 97.3 cm³/mol. The molecule has 0 aromatic heterocycles. The Bertz CT molecular complexity index is 793. The van der Waals surface area contributed by atoms with Crippen LogP contribution in [0, 0.1) is 24.0 Å². The van der Waals surface area contributed by atoms with Gasteiger partial charge in [0, 0.05) is 29.2 Å². The first kappa shape index (κ1) is 15.7. The monoisotopic (exact) mass is 318 g/mol. The summed E-state index contributed by atoms with van der Waals surface area (Å²) in [7, 11) is 0. The lowest BCUT2D eigenvalue weighted by Gasteiger charge is -2.25. The van der Waals surface area contributed by atoms with E-state index in [1.54, 1.807) is 12.1 Å². The van der Waals surface area contributed by atoms with Gasteiger partial charge in [0.2, 0.25) is 0 Å². The van der Waals surface area contributed by atoms with Crippen LogP contribution in [0.15, 0.2) is 72.8 Å². The normalized spacial score (nSPS) is 10.4. The average Bonchev–Trinajstić information content (AvgIpc) is 2.59. The highest BCUT2D eigenvalue weighted by Gasteiger charge is 2.13. The second-order valence-electron chi connectivity index (χ2n) is 5.78. The number of anilines is 3. The lowest BCUT2D eigenvalue weighted by atomic mass is 10.1. The molecule has 0 radical (unpaired) electrons. The number of benzene rings is 3. The van der Waals surface area contributed by atoms with Gasteiger partial charge < -0.3 is 4.90 Å². The zero-order valence-corrected chi connectivity index (χ0v) is 13.6. The molecule has 24 heavy (non-hydrogen) atoms. The highest BCUT2D eigenvalue weighted by Crippen LogP contribution is 2.35. The van der Waals surface area contributed by atoms with E-state index in [2.05, 4.69) is 53.4 Å². The van der Waals surface area contributed by atoms with Crippen LogP contribution in [0.1, 0.15) is 11.1 Å². The lowest BCUT2D eigenvalue weighted by Crippen LogP contribution is -2.09. The Labute approximate surface area is 141 Å². The zero-order chi connectivity index (χ0) is 17.1. The fourth-order valence-corrected chi connectivity index (χ4v) is 2.56. The molecule has 0 aliphatic carbocycles. The minimum atomic E-state index is -0.383. The van der Waals surface area contributed by atoms with Crippen LogP contribution >= 0.6 is 0 Å². The molecule has 3 aromatic rings. The highest BCUT2D eigenvalue weighted by molar-refractivity contribution is 5.77. The summed E-state index contributed by atoms with van der Waals surface area (Å²) in [4.78, 5) is 12.6. The Kier molecular flexibility index (Phi) is 4.29. The predicted octanol–water partition coefficient (Wildman–Crippen LogP) is 5.68. The summed E-state index contributed by atoms with van der Waals surface area (Å²) in [6, 6.07) is 23.1. The van der Waals surface area contributed by atoms with E-state index < -0.39 is 0 Å². The number of nitro groups is 1. The molecule has 0 amide bonds. The van der Waals surface area contributed by atoms with Crippen LogP contribution in [-0.2, 0) is 0 Å². The molecule has 4 heteroatoms. The third-order valence-electron chi connectivity index (χ3n) is 3.90. The fourth-order valence-electron chi connectivity index (χ4n) is 2.56. The Morgan fingerprint density at radius 3 is 1.33 bits per heavy atom. The second-order valence-corrected chi connectivity index (χ2v) is 5.78. The minimum Gasteiger partial charge on any atom is -0.310 e. The Hall–Kier alpha value is -3.14. The van der Waals surface area contributed by atoms with Crippen LogP contribution in [0.3, 0.4) is 0 Å². The number of non-ortho nitro benzene ring substituents is 1. The van der Waals surface area contributed by atoms with E-state index in [0.717, 1.165) is 17.1 Å². The molecule has 0 spiro atoms. The van der Waals surface area contributed by atoms with Gasteiger partial charge in [-0.2, -0.15) is 0 Å². The van der Waals surface area contributed by atoms with Crippen molar-refractivity contribution >= 4 is 22.7 Å². The molecule has 120 valence electrons. The largest absolute Gasteiger partial charge is 0.310 e. The Morgan fingerprint density at radius 1 is 0.667 bits per heavy atom. The molecule has 4 nitrogen and oxygen atoms in total. The van der Waals surface area contributed by atoms with Crippen molar-refractivity contribution in [1.29, 1.82) is 0 Å². The second kappa shape index (κ2) is 6.54. The van der Waals surface area contributed by atoms with E-state index in [1.807, 2.05) is 13.8 Å². The van der Waals surface area contributed by atoms with Gasteiger partial charge in [-0.25, -0.2) is 0 Å². The molecule has 0 bridgehead atoms. The molecule has 3 rings (SSSR count). The summed E-state index contributed by atoms with van der Waals surface area (Å²) in [5.41, 5.74) is 5.37. The smallest absolute Gasteiger partial charge is 0.269 e. The van der Waals surface area contributed by atoms with Crippen molar-refractivity contribution in [3.8, 4) is 0 Å². The molecule has 0 aliphatic heterocycles. The van der Waals surface area contributed by atoms with E-state index in [0.29, 0.717) is 0 Å². The summed E-state index contributed by atoms with van der Waals surface area (Å²) < 4.78 is 0. The van der Waals surface area contributed by atoms with Crippen molar-refractivity contribution in [2.75, 3.05) is 4.90 Å². The summed E-state index contributed by atoms with van der Waals surface area (Å²) in [5.74, 6) is 0. The number of nitro benzene ring substituents is 1. The first-order valence-corrected chi connectivity index (χ1v) is 7.72. The molecule has 0 N–H and O–H groups in total. The van der Waals surface area contributed by atoms with Crippen LogP contribution in [0.25, 0.3) is 0 Å². The van der Waals surface area contributed by atoms with Crippen molar-refractivity contribution in [2.45, 2.75) is 13.8 Å². The topological polar surface area (TPSA) is 46.4 Å². The Balaban J connectivity index is 2.08. The van der Waals surface area contributed by atoms with E-state index in [-0.39, 0.29) is 10.6 Å². The summed E-state index contributed by atoms with van der Waals surface area (Å²) in [5, 5.41) is 10.9. The molecule has 3 aromatic carbocycles. The van der Waals surface area contributed by atoms with Crippen molar-refractivity contribution < 1.29 is 4.92 Å². The average molecular weight is 318 g/mol. The van der Waals surface area contributed by atoms with Gasteiger partial charge in [-0.1, -0.05) is 35.4 Å². The zero-order valence-electron chi connectivity index (χ0n) is 13.6. The molecule has 0 saturated heterocycles. The van der Waals surface area contributed by atoms with Crippen molar-refractivity contribution in [3.05, 3.63) is 94.0 Å². The number of hydrogen-bond acceptors (Lipinski definition) is 3. The molecule has 0 aliphatic rings. The number of nitrogens with zero attached hydrogens (tertiary/aromatic N) is 2. The standard InChI is InChI=1S/C20H18N2O2/c1-15-3-7-17(8-4-15)21(18-9-5-16(2)6-10-18)19-11-13-20(14-12-19)22(23)24/h3-14H,1-2H3. The number of rotatable bonds is 4. The van der Waals surface area contributed by atoms with Gasteiger partial charge in [0.1, 0.15) is 0 Å². The van der Waals surface area contributed by atoms with Gasteiger partial charge in [0.05, 0.1) is 4.92 Å². The molecule has 0 heterocycles. The van der Waals surface area contributed by atoms with Crippen LogP contribution in [0.2, 0.25) is 0 Å².